The molecule has 2 rings (SSSR count). The topological polar surface area (TPSA) is 84.9 Å². The van der Waals surface area contributed by atoms with Gasteiger partial charge in [0.15, 0.2) is 0 Å². The van der Waals surface area contributed by atoms with Crippen LogP contribution < -0.4 is 10.1 Å². The zero-order valence-electron chi connectivity index (χ0n) is 12.2. The number of aromatic carboxylic acids is 1. The number of anilines is 1. The van der Waals surface area contributed by atoms with Crippen LogP contribution in [0.4, 0.5) is 19.3 Å². The Morgan fingerprint density at radius 3 is 2.46 bits per heavy atom. The van der Waals surface area contributed by atoms with E-state index in [0.29, 0.717) is 0 Å². The predicted octanol–water partition coefficient (Wildman–Crippen LogP) is 3.73. The van der Waals surface area contributed by atoms with Crippen molar-refractivity contribution in [2.45, 2.75) is 13.2 Å². The molecule has 0 spiro atoms. The third-order valence-electron chi connectivity index (χ3n) is 2.90. The SMILES string of the molecule is O=C(Nc1cc(OC(F)F)ccc1C(=O)O)OCc1ccccc1. The average Bonchev–Trinajstić information content (AvgIpc) is 2.53. The minimum Gasteiger partial charge on any atom is -0.478 e. The molecule has 1 amide bonds. The first-order chi connectivity index (χ1) is 11.5. The molecule has 0 aliphatic rings. The molecule has 6 nitrogen and oxygen atoms in total. The second kappa shape index (κ2) is 7.91. The van der Waals surface area contributed by atoms with Crippen molar-refractivity contribution in [3.8, 4) is 5.75 Å². The molecule has 0 fully saturated rings. The summed E-state index contributed by atoms with van der Waals surface area (Å²) < 4.78 is 33.6. The van der Waals surface area contributed by atoms with Gasteiger partial charge < -0.3 is 14.6 Å². The molecule has 0 aliphatic heterocycles. The largest absolute Gasteiger partial charge is 0.478 e. The minimum atomic E-state index is -3.07. The first kappa shape index (κ1) is 17.2. The maximum Gasteiger partial charge on any atom is 0.411 e. The molecule has 0 bridgehead atoms. The number of carboxylic acid groups (broad SMARTS) is 1. The molecule has 24 heavy (non-hydrogen) atoms. The zero-order valence-corrected chi connectivity index (χ0v) is 12.2. The lowest BCUT2D eigenvalue weighted by molar-refractivity contribution is -0.0498. The van der Waals surface area contributed by atoms with E-state index in [-0.39, 0.29) is 23.6 Å². The van der Waals surface area contributed by atoms with Crippen LogP contribution >= 0.6 is 0 Å². The van der Waals surface area contributed by atoms with Crippen LogP contribution in [0.15, 0.2) is 48.5 Å². The van der Waals surface area contributed by atoms with Crippen LogP contribution in [-0.2, 0) is 11.3 Å². The second-order valence-electron chi connectivity index (χ2n) is 4.58. The Bertz CT molecular complexity index is 722. The van der Waals surface area contributed by atoms with Gasteiger partial charge in [-0.25, -0.2) is 9.59 Å². The Labute approximate surface area is 135 Å². The van der Waals surface area contributed by atoms with Crippen molar-refractivity contribution in [1.29, 1.82) is 0 Å². The van der Waals surface area contributed by atoms with E-state index in [1.165, 1.54) is 0 Å². The quantitative estimate of drug-likeness (QED) is 0.839. The number of benzene rings is 2. The fourth-order valence-electron chi connectivity index (χ4n) is 1.86. The van der Waals surface area contributed by atoms with Gasteiger partial charge >= 0.3 is 18.7 Å². The van der Waals surface area contributed by atoms with Crippen molar-refractivity contribution in [3.05, 3.63) is 59.7 Å². The molecular weight excluding hydrogens is 324 g/mol. The van der Waals surface area contributed by atoms with E-state index >= 15 is 0 Å². The Morgan fingerprint density at radius 1 is 1.12 bits per heavy atom. The summed E-state index contributed by atoms with van der Waals surface area (Å²) in [5.74, 6) is -1.62. The van der Waals surface area contributed by atoms with Crippen molar-refractivity contribution >= 4 is 17.7 Å². The molecule has 2 aromatic rings. The first-order valence-electron chi connectivity index (χ1n) is 6.75. The van der Waals surface area contributed by atoms with E-state index in [4.69, 9.17) is 9.84 Å². The summed E-state index contributed by atoms with van der Waals surface area (Å²) in [7, 11) is 0. The fraction of sp³-hybridized carbons (Fsp3) is 0.125. The molecule has 0 saturated carbocycles. The van der Waals surface area contributed by atoms with Gasteiger partial charge in [0.2, 0.25) is 0 Å². The highest BCUT2D eigenvalue weighted by atomic mass is 19.3. The lowest BCUT2D eigenvalue weighted by Crippen LogP contribution is -2.16. The maximum atomic E-state index is 12.2. The number of carboxylic acids is 1. The summed E-state index contributed by atoms with van der Waals surface area (Å²) in [6.07, 6.45) is -0.921. The number of alkyl halides is 2. The first-order valence-corrected chi connectivity index (χ1v) is 6.75. The number of amides is 1. The van der Waals surface area contributed by atoms with Crippen molar-refractivity contribution < 1.29 is 33.0 Å². The molecule has 0 atom stereocenters. The molecule has 126 valence electrons. The minimum absolute atomic E-state index is 0.0255. The van der Waals surface area contributed by atoms with E-state index < -0.39 is 18.7 Å². The van der Waals surface area contributed by atoms with Gasteiger partial charge in [0.05, 0.1) is 11.3 Å². The van der Waals surface area contributed by atoms with Gasteiger partial charge in [-0.15, -0.1) is 0 Å². The number of carbonyl (C=O) groups excluding carboxylic acids is 1. The number of hydrogen-bond donors (Lipinski definition) is 2. The summed E-state index contributed by atoms with van der Waals surface area (Å²) >= 11 is 0. The number of rotatable bonds is 6. The van der Waals surface area contributed by atoms with E-state index in [1.54, 1.807) is 30.3 Å². The highest BCUT2D eigenvalue weighted by Gasteiger charge is 2.16. The standard InChI is InChI=1S/C16H13F2NO5/c17-15(18)24-11-6-7-12(14(20)21)13(8-11)19-16(22)23-9-10-4-2-1-3-5-10/h1-8,15H,9H2,(H,19,22)(H,20,21). The molecule has 0 unspecified atom stereocenters. The smallest absolute Gasteiger partial charge is 0.411 e. The van der Waals surface area contributed by atoms with Crippen LogP contribution in [0.5, 0.6) is 5.75 Å². The van der Waals surface area contributed by atoms with Gasteiger partial charge in [0.25, 0.3) is 0 Å². The lowest BCUT2D eigenvalue weighted by Gasteiger charge is -2.11. The summed E-state index contributed by atoms with van der Waals surface area (Å²) in [4.78, 5) is 22.9. The third kappa shape index (κ3) is 4.94. The molecule has 2 N–H and O–H groups in total. The zero-order chi connectivity index (χ0) is 17.5. The van der Waals surface area contributed by atoms with Crippen molar-refractivity contribution in [2.75, 3.05) is 5.32 Å². The highest BCUT2D eigenvalue weighted by Crippen LogP contribution is 2.24. The summed E-state index contributed by atoms with van der Waals surface area (Å²) in [5.41, 5.74) is 0.243. The summed E-state index contributed by atoms with van der Waals surface area (Å²) in [5, 5.41) is 11.3. The molecular formula is C16H13F2NO5. The molecule has 0 aliphatic carbocycles. The molecule has 2 aromatic carbocycles. The van der Waals surface area contributed by atoms with Gasteiger partial charge in [0, 0.05) is 6.07 Å². The Hall–Kier alpha value is -3.16. The number of hydrogen-bond acceptors (Lipinski definition) is 4. The second-order valence-corrected chi connectivity index (χ2v) is 4.58. The Balaban J connectivity index is 2.08. The predicted molar refractivity (Wildman–Crippen MR) is 80.3 cm³/mol. The summed E-state index contributed by atoms with van der Waals surface area (Å²) in [6, 6.07) is 11.9. The van der Waals surface area contributed by atoms with Crippen molar-refractivity contribution in [1.82, 2.24) is 0 Å². The van der Waals surface area contributed by atoms with Gasteiger partial charge in [-0.05, 0) is 17.7 Å². The Kier molecular flexibility index (Phi) is 5.67. The number of carbonyl (C=O) groups is 2. The van der Waals surface area contributed by atoms with Crippen LogP contribution in [0.3, 0.4) is 0 Å². The molecule has 0 heterocycles. The van der Waals surface area contributed by atoms with Gasteiger partial charge in [-0.3, -0.25) is 5.32 Å². The van der Waals surface area contributed by atoms with E-state index in [9.17, 15) is 18.4 Å². The molecule has 0 aromatic heterocycles. The van der Waals surface area contributed by atoms with Crippen LogP contribution in [0, 0.1) is 0 Å². The van der Waals surface area contributed by atoms with Crippen LogP contribution in [0.2, 0.25) is 0 Å². The summed E-state index contributed by atoms with van der Waals surface area (Å²) in [6.45, 7) is -3.10. The third-order valence-corrected chi connectivity index (χ3v) is 2.90. The normalized spacial score (nSPS) is 10.3. The van der Waals surface area contributed by atoms with E-state index in [0.717, 1.165) is 23.8 Å². The highest BCUT2D eigenvalue weighted by molar-refractivity contribution is 5.99. The number of halogens is 2. The monoisotopic (exact) mass is 337 g/mol. The van der Waals surface area contributed by atoms with E-state index in [1.807, 2.05) is 0 Å². The number of nitrogens with one attached hydrogen (secondary N) is 1. The lowest BCUT2D eigenvalue weighted by atomic mass is 10.1. The molecule has 8 heteroatoms. The van der Waals surface area contributed by atoms with Crippen molar-refractivity contribution in [2.24, 2.45) is 0 Å². The molecule has 0 radical (unpaired) electrons. The van der Waals surface area contributed by atoms with Gasteiger partial charge in [-0.2, -0.15) is 8.78 Å². The Morgan fingerprint density at radius 2 is 1.83 bits per heavy atom. The number of ether oxygens (including phenoxy) is 2. The van der Waals surface area contributed by atoms with Gasteiger partial charge in [0.1, 0.15) is 12.4 Å². The average molecular weight is 337 g/mol. The van der Waals surface area contributed by atoms with Crippen LogP contribution in [0.25, 0.3) is 0 Å². The van der Waals surface area contributed by atoms with Crippen LogP contribution in [-0.4, -0.2) is 23.8 Å². The molecule has 0 saturated heterocycles. The van der Waals surface area contributed by atoms with Crippen molar-refractivity contribution in [3.63, 3.8) is 0 Å². The van der Waals surface area contributed by atoms with E-state index in [2.05, 4.69) is 10.1 Å². The van der Waals surface area contributed by atoms with Crippen LogP contribution in [0.1, 0.15) is 15.9 Å². The fourth-order valence-corrected chi connectivity index (χ4v) is 1.86. The van der Waals surface area contributed by atoms with Gasteiger partial charge in [-0.1, -0.05) is 30.3 Å². The maximum absolute atomic E-state index is 12.2.